The number of halogens is 2. The summed E-state index contributed by atoms with van der Waals surface area (Å²) < 4.78 is 26.6. The first-order valence-electron chi connectivity index (χ1n) is 5.17. The lowest BCUT2D eigenvalue weighted by atomic mass is 10.2. The number of nitrogens with one attached hydrogen (secondary N) is 1. The lowest BCUT2D eigenvalue weighted by Gasteiger charge is -2.09. The lowest BCUT2D eigenvalue weighted by Crippen LogP contribution is -2.15. The second kappa shape index (κ2) is 5.32. The summed E-state index contributed by atoms with van der Waals surface area (Å²) in [5.41, 5.74) is 0.543. The van der Waals surface area contributed by atoms with E-state index in [1.54, 1.807) is 13.0 Å². The van der Waals surface area contributed by atoms with Crippen LogP contribution in [0.3, 0.4) is 0 Å². The number of benzene rings is 1. The van der Waals surface area contributed by atoms with Gasteiger partial charge in [0.1, 0.15) is 0 Å². The fraction of sp³-hybridized carbons (Fsp3) is 0.0909. The van der Waals surface area contributed by atoms with Gasteiger partial charge in [0.05, 0.1) is 4.90 Å². The maximum Gasteiger partial charge on any atom is 0.263 e. The number of aryl methyl sites for hydroxylation is 1. The molecule has 1 heterocycles. The second-order valence-electron chi connectivity index (χ2n) is 3.76. The van der Waals surface area contributed by atoms with Gasteiger partial charge in [-0.05, 0) is 42.8 Å². The Hall–Kier alpha value is -1.37. The molecule has 1 aromatic heterocycles. The Balaban J connectivity index is 2.35. The van der Waals surface area contributed by atoms with Crippen molar-refractivity contribution >= 4 is 39.0 Å². The van der Waals surface area contributed by atoms with Crippen molar-refractivity contribution in [2.24, 2.45) is 0 Å². The van der Waals surface area contributed by atoms with Crippen LogP contribution >= 0.6 is 23.2 Å². The Morgan fingerprint density at radius 2 is 1.84 bits per heavy atom. The summed E-state index contributed by atoms with van der Waals surface area (Å²) in [5, 5.41) is 7.86. The van der Waals surface area contributed by atoms with E-state index in [-0.39, 0.29) is 15.9 Å². The monoisotopic (exact) mass is 317 g/mol. The Morgan fingerprint density at radius 3 is 2.42 bits per heavy atom. The summed E-state index contributed by atoms with van der Waals surface area (Å²) in [6, 6.07) is 7.39. The number of rotatable bonds is 3. The maximum atomic E-state index is 12.2. The average molecular weight is 318 g/mol. The third-order valence-corrected chi connectivity index (χ3v) is 4.25. The lowest BCUT2D eigenvalue weighted by molar-refractivity contribution is 0.600. The van der Waals surface area contributed by atoms with Crippen LogP contribution in [0.1, 0.15) is 5.56 Å². The van der Waals surface area contributed by atoms with Crippen LogP contribution < -0.4 is 4.72 Å². The largest absolute Gasteiger partial charge is 0.263 e. The van der Waals surface area contributed by atoms with E-state index in [1.165, 1.54) is 24.3 Å². The Labute approximate surface area is 120 Å². The predicted molar refractivity (Wildman–Crippen MR) is 74.0 cm³/mol. The normalized spacial score (nSPS) is 11.3. The molecule has 0 bridgehead atoms. The zero-order valence-corrected chi connectivity index (χ0v) is 12.1. The average Bonchev–Trinajstić information content (AvgIpc) is 2.31. The summed E-state index contributed by atoms with van der Waals surface area (Å²) in [6.45, 7) is 1.66. The second-order valence-corrected chi connectivity index (χ2v) is 6.23. The highest BCUT2D eigenvalue weighted by Gasteiger charge is 2.17. The molecule has 8 heteroatoms. The number of aromatic nitrogens is 2. The molecular weight excluding hydrogens is 309 g/mol. The van der Waals surface area contributed by atoms with Crippen molar-refractivity contribution in [1.82, 2.24) is 10.2 Å². The van der Waals surface area contributed by atoms with E-state index < -0.39 is 10.0 Å². The van der Waals surface area contributed by atoms with Gasteiger partial charge >= 0.3 is 0 Å². The van der Waals surface area contributed by atoms with Gasteiger partial charge in [0.25, 0.3) is 10.0 Å². The van der Waals surface area contributed by atoms with Crippen molar-refractivity contribution < 1.29 is 8.42 Å². The molecule has 0 aliphatic heterocycles. The zero-order valence-electron chi connectivity index (χ0n) is 9.76. The van der Waals surface area contributed by atoms with E-state index in [2.05, 4.69) is 14.9 Å². The molecular formula is C11H9Cl2N3O2S. The molecule has 100 valence electrons. The van der Waals surface area contributed by atoms with Crippen LogP contribution in [0.4, 0.5) is 5.82 Å². The van der Waals surface area contributed by atoms with Gasteiger partial charge in [0, 0.05) is 5.02 Å². The van der Waals surface area contributed by atoms with Gasteiger partial charge in [0.15, 0.2) is 11.0 Å². The van der Waals surface area contributed by atoms with Crippen molar-refractivity contribution in [3.63, 3.8) is 0 Å². The smallest absolute Gasteiger partial charge is 0.262 e. The minimum Gasteiger partial charge on any atom is -0.262 e. The van der Waals surface area contributed by atoms with E-state index in [0.29, 0.717) is 10.6 Å². The number of sulfonamides is 1. The molecule has 0 saturated heterocycles. The molecule has 0 saturated carbocycles. The van der Waals surface area contributed by atoms with Crippen LogP contribution in [0, 0.1) is 6.92 Å². The van der Waals surface area contributed by atoms with Gasteiger partial charge < -0.3 is 0 Å². The zero-order chi connectivity index (χ0) is 14.0. The van der Waals surface area contributed by atoms with Crippen molar-refractivity contribution in [3.05, 3.63) is 46.1 Å². The molecule has 0 unspecified atom stereocenters. The molecule has 0 aliphatic rings. The summed E-state index contributed by atoms with van der Waals surface area (Å²) in [5.74, 6) is 0.0961. The van der Waals surface area contributed by atoms with Crippen LogP contribution in [0.15, 0.2) is 35.2 Å². The molecule has 0 radical (unpaired) electrons. The van der Waals surface area contributed by atoms with E-state index in [9.17, 15) is 8.42 Å². The van der Waals surface area contributed by atoms with Gasteiger partial charge in [-0.3, -0.25) is 4.72 Å². The fourth-order valence-electron chi connectivity index (χ4n) is 1.48. The molecule has 2 aromatic rings. The van der Waals surface area contributed by atoms with Crippen molar-refractivity contribution in [1.29, 1.82) is 0 Å². The van der Waals surface area contributed by atoms with Crippen LogP contribution in [0.25, 0.3) is 0 Å². The van der Waals surface area contributed by atoms with Crippen LogP contribution in [-0.2, 0) is 10.0 Å². The Morgan fingerprint density at radius 1 is 1.11 bits per heavy atom. The van der Waals surface area contributed by atoms with Crippen LogP contribution in [-0.4, -0.2) is 18.6 Å². The standard InChI is InChI=1S/C11H9Cl2N3O2S/c1-7-6-8(12)2-3-9(7)19(17,18)16-11-5-4-10(13)14-15-11/h2-6H,1H3,(H,15,16). The van der Waals surface area contributed by atoms with Crippen molar-refractivity contribution in [2.45, 2.75) is 11.8 Å². The fourth-order valence-corrected chi connectivity index (χ4v) is 3.03. The molecule has 2 rings (SSSR count). The first kappa shape index (κ1) is 14.0. The molecule has 0 spiro atoms. The van der Waals surface area contributed by atoms with Gasteiger partial charge in [0.2, 0.25) is 0 Å². The molecule has 0 atom stereocenters. The van der Waals surface area contributed by atoms with Crippen molar-refractivity contribution in [3.8, 4) is 0 Å². The number of nitrogens with zero attached hydrogens (tertiary/aromatic N) is 2. The van der Waals surface area contributed by atoms with E-state index in [4.69, 9.17) is 23.2 Å². The minimum atomic E-state index is -3.73. The highest BCUT2D eigenvalue weighted by Crippen LogP contribution is 2.21. The third kappa shape index (κ3) is 3.34. The first-order valence-corrected chi connectivity index (χ1v) is 7.40. The summed E-state index contributed by atoms with van der Waals surface area (Å²) in [6.07, 6.45) is 0. The van der Waals surface area contributed by atoms with Crippen molar-refractivity contribution in [2.75, 3.05) is 4.72 Å². The summed E-state index contributed by atoms with van der Waals surface area (Å²) in [7, 11) is -3.73. The van der Waals surface area contributed by atoms with Gasteiger partial charge in [-0.25, -0.2) is 8.42 Å². The third-order valence-electron chi connectivity index (χ3n) is 2.30. The SMILES string of the molecule is Cc1cc(Cl)ccc1S(=O)(=O)Nc1ccc(Cl)nn1. The number of hydrogen-bond donors (Lipinski definition) is 1. The van der Waals surface area contributed by atoms with Gasteiger partial charge in [-0.1, -0.05) is 23.2 Å². The number of anilines is 1. The van der Waals surface area contributed by atoms with Crippen LogP contribution in [0.5, 0.6) is 0 Å². The molecule has 5 nitrogen and oxygen atoms in total. The quantitative estimate of drug-likeness (QED) is 0.944. The Bertz CT molecular complexity index is 702. The first-order chi connectivity index (χ1) is 8.88. The molecule has 0 aliphatic carbocycles. The molecule has 19 heavy (non-hydrogen) atoms. The molecule has 1 aromatic carbocycles. The van der Waals surface area contributed by atoms with E-state index in [1.807, 2.05) is 0 Å². The van der Waals surface area contributed by atoms with E-state index >= 15 is 0 Å². The highest BCUT2D eigenvalue weighted by atomic mass is 35.5. The summed E-state index contributed by atoms with van der Waals surface area (Å²) >= 11 is 11.4. The number of hydrogen-bond acceptors (Lipinski definition) is 4. The summed E-state index contributed by atoms with van der Waals surface area (Å²) in [4.78, 5) is 0.133. The molecule has 0 fully saturated rings. The maximum absolute atomic E-state index is 12.2. The van der Waals surface area contributed by atoms with Crippen LogP contribution in [0.2, 0.25) is 10.2 Å². The highest BCUT2D eigenvalue weighted by molar-refractivity contribution is 7.92. The molecule has 1 N–H and O–H groups in total. The molecule has 0 amide bonds. The predicted octanol–water partition coefficient (Wildman–Crippen LogP) is 2.89. The van der Waals surface area contributed by atoms with E-state index in [0.717, 1.165) is 0 Å². The minimum absolute atomic E-state index is 0.0961. The van der Waals surface area contributed by atoms with Gasteiger partial charge in [-0.2, -0.15) is 0 Å². The topological polar surface area (TPSA) is 72.0 Å². The Kier molecular flexibility index (Phi) is 3.93. The van der Waals surface area contributed by atoms with Gasteiger partial charge in [-0.15, -0.1) is 10.2 Å².